The SMILES string of the molecule is COc1ccc(CN(C)C(=O)c2ccc(NS(=O)(=O)c3ccc(C)cc3)c(Cl)c2)cc1. The molecule has 0 aliphatic heterocycles. The number of halogens is 1. The summed E-state index contributed by atoms with van der Waals surface area (Å²) in [6.45, 7) is 2.28. The number of aryl methyl sites for hydroxylation is 1. The number of benzene rings is 3. The van der Waals surface area contributed by atoms with Crippen LogP contribution in [0.2, 0.25) is 5.02 Å². The van der Waals surface area contributed by atoms with Crippen LogP contribution in [0.25, 0.3) is 0 Å². The Morgan fingerprint density at radius 1 is 1.03 bits per heavy atom. The summed E-state index contributed by atoms with van der Waals surface area (Å²) in [4.78, 5) is 14.5. The average molecular weight is 459 g/mol. The van der Waals surface area contributed by atoms with Crippen LogP contribution in [0.4, 0.5) is 5.69 Å². The van der Waals surface area contributed by atoms with Gasteiger partial charge in [-0.05, 0) is 55.0 Å². The molecule has 0 fully saturated rings. The fraction of sp³-hybridized carbons (Fsp3) is 0.174. The van der Waals surface area contributed by atoms with Gasteiger partial charge in [0, 0.05) is 19.2 Å². The standard InChI is InChI=1S/C23H23ClN2O4S/c1-16-4-11-20(12-5-16)31(28,29)25-22-13-8-18(14-21(22)24)23(27)26(2)15-17-6-9-19(30-3)10-7-17/h4-14,25H,15H2,1-3H3. The number of hydrogen-bond acceptors (Lipinski definition) is 4. The highest BCUT2D eigenvalue weighted by Crippen LogP contribution is 2.26. The number of amides is 1. The monoisotopic (exact) mass is 458 g/mol. The zero-order valence-corrected chi connectivity index (χ0v) is 19.0. The number of ether oxygens (including phenoxy) is 1. The van der Waals surface area contributed by atoms with Gasteiger partial charge < -0.3 is 9.64 Å². The number of anilines is 1. The third-order valence-corrected chi connectivity index (χ3v) is 6.41. The molecule has 0 radical (unpaired) electrons. The maximum atomic E-state index is 12.8. The van der Waals surface area contributed by atoms with Crippen molar-refractivity contribution in [3.63, 3.8) is 0 Å². The Bertz CT molecular complexity index is 1180. The highest BCUT2D eigenvalue weighted by molar-refractivity contribution is 7.92. The minimum absolute atomic E-state index is 0.133. The van der Waals surface area contributed by atoms with Crippen molar-refractivity contribution < 1.29 is 17.9 Å². The van der Waals surface area contributed by atoms with Gasteiger partial charge in [-0.2, -0.15) is 0 Å². The van der Waals surface area contributed by atoms with E-state index in [0.717, 1.165) is 16.9 Å². The van der Waals surface area contributed by atoms with Gasteiger partial charge in [-0.25, -0.2) is 8.42 Å². The largest absolute Gasteiger partial charge is 0.497 e. The summed E-state index contributed by atoms with van der Waals surface area (Å²) < 4.78 is 32.8. The second-order valence-electron chi connectivity index (χ2n) is 7.12. The molecule has 0 bridgehead atoms. The molecular weight excluding hydrogens is 436 g/mol. The lowest BCUT2D eigenvalue weighted by Crippen LogP contribution is -2.26. The van der Waals surface area contributed by atoms with E-state index in [1.807, 2.05) is 31.2 Å². The molecule has 0 saturated heterocycles. The van der Waals surface area contributed by atoms with Gasteiger partial charge in [0.2, 0.25) is 0 Å². The Balaban J connectivity index is 1.73. The molecule has 0 saturated carbocycles. The molecule has 0 spiro atoms. The van der Waals surface area contributed by atoms with Crippen molar-refractivity contribution in [2.75, 3.05) is 18.9 Å². The maximum Gasteiger partial charge on any atom is 0.261 e. The van der Waals surface area contributed by atoms with Crippen molar-refractivity contribution in [3.8, 4) is 5.75 Å². The summed E-state index contributed by atoms with van der Waals surface area (Å²) in [6, 6.07) is 18.4. The number of methoxy groups -OCH3 is 1. The van der Waals surface area contributed by atoms with Crippen LogP contribution in [0.5, 0.6) is 5.75 Å². The van der Waals surface area contributed by atoms with Crippen LogP contribution in [-0.2, 0) is 16.6 Å². The van der Waals surface area contributed by atoms with Crippen LogP contribution in [0, 0.1) is 6.92 Å². The Hall–Kier alpha value is -3.03. The Kier molecular flexibility index (Phi) is 6.87. The summed E-state index contributed by atoms with van der Waals surface area (Å²) in [6.07, 6.45) is 0. The van der Waals surface area contributed by atoms with E-state index >= 15 is 0 Å². The lowest BCUT2D eigenvalue weighted by atomic mass is 10.1. The molecule has 0 aliphatic carbocycles. The predicted octanol–water partition coefficient (Wildman–Crippen LogP) is 4.73. The molecule has 0 aromatic heterocycles. The van der Waals surface area contributed by atoms with Gasteiger partial charge >= 0.3 is 0 Å². The normalized spacial score (nSPS) is 11.1. The number of rotatable bonds is 7. The van der Waals surface area contributed by atoms with Gasteiger partial charge in [-0.15, -0.1) is 0 Å². The Morgan fingerprint density at radius 2 is 1.68 bits per heavy atom. The predicted molar refractivity (Wildman–Crippen MR) is 122 cm³/mol. The molecule has 8 heteroatoms. The van der Waals surface area contributed by atoms with Crippen molar-refractivity contribution in [2.45, 2.75) is 18.4 Å². The summed E-state index contributed by atoms with van der Waals surface area (Å²) in [5, 5.41) is 0.138. The van der Waals surface area contributed by atoms with Crippen molar-refractivity contribution >= 4 is 33.2 Å². The molecule has 162 valence electrons. The number of carbonyl (C=O) groups is 1. The van der Waals surface area contributed by atoms with Crippen LogP contribution < -0.4 is 9.46 Å². The summed E-state index contributed by atoms with van der Waals surface area (Å²) in [5.74, 6) is 0.513. The van der Waals surface area contributed by atoms with Gasteiger partial charge in [0.1, 0.15) is 5.75 Å². The second-order valence-corrected chi connectivity index (χ2v) is 9.21. The Morgan fingerprint density at radius 3 is 2.26 bits per heavy atom. The van der Waals surface area contributed by atoms with Crippen LogP contribution in [0.1, 0.15) is 21.5 Å². The number of nitrogens with one attached hydrogen (secondary N) is 1. The Labute approximate surface area is 187 Å². The van der Waals surface area contributed by atoms with Gasteiger partial charge in [0.15, 0.2) is 0 Å². The first kappa shape index (κ1) is 22.7. The van der Waals surface area contributed by atoms with Crippen molar-refractivity contribution in [1.29, 1.82) is 0 Å². The molecule has 1 N–H and O–H groups in total. The van der Waals surface area contributed by atoms with Gasteiger partial charge in [-0.3, -0.25) is 9.52 Å². The highest BCUT2D eigenvalue weighted by Gasteiger charge is 2.18. The summed E-state index contributed by atoms with van der Waals surface area (Å²) in [5.41, 5.74) is 2.47. The first-order chi connectivity index (χ1) is 14.7. The third kappa shape index (κ3) is 5.57. The minimum atomic E-state index is -3.79. The second kappa shape index (κ2) is 9.41. The molecule has 0 atom stereocenters. The van der Waals surface area contributed by atoms with E-state index in [2.05, 4.69) is 4.72 Å². The van der Waals surface area contributed by atoms with Crippen LogP contribution in [-0.4, -0.2) is 33.4 Å². The van der Waals surface area contributed by atoms with E-state index in [4.69, 9.17) is 16.3 Å². The number of carbonyl (C=O) groups excluding carboxylic acids is 1. The van der Waals surface area contributed by atoms with Crippen LogP contribution in [0.3, 0.4) is 0 Å². The molecule has 3 aromatic rings. The van der Waals surface area contributed by atoms with E-state index in [-0.39, 0.29) is 21.5 Å². The van der Waals surface area contributed by atoms with Gasteiger partial charge in [0.25, 0.3) is 15.9 Å². The fourth-order valence-corrected chi connectivity index (χ4v) is 4.31. The summed E-state index contributed by atoms with van der Waals surface area (Å²) in [7, 11) is -0.503. The highest BCUT2D eigenvalue weighted by atomic mass is 35.5. The maximum absolute atomic E-state index is 12.8. The van der Waals surface area contributed by atoms with E-state index in [1.165, 1.54) is 24.3 Å². The topological polar surface area (TPSA) is 75.7 Å². The molecular formula is C23H23ClN2O4S. The molecule has 0 aliphatic rings. The quantitative estimate of drug-likeness (QED) is 0.555. The van der Waals surface area contributed by atoms with Gasteiger partial charge in [0.05, 0.1) is 22.7 Å². The van der Waals surface area contributed by atoms with E-state index in [1.54, 1.807) is 37.3 Å². The molecule has 31 heavy (non-hydrogen) atoms. The summed E-state index contributed by atoms with van der Waals surface area (Å²) >= 11 is 6.28. The van der Waals surface area contributed by atoms with Crippen molar-refractivity contribution in [3.05, 3.63) is 88.4 Å². The van der Waals surface area contributed by atoms with Gasteiger partial charge in [-0.1, -0.05) is 41.4 Å². The first-order valence-electron chi connectivity index (χ1n) is 9.47. The molecule has 3 rings (SSSR count). The third-order valence-electron chi connectivity index (χ3n) is 4.72. The zero-order chi connectivity index (χ0) is 22.6. The van der Waals surface area contributed by atoms with E-state index in [9.17, 15) is 13.2 Å². The van der Waals surface area contributed by atoms with E-state index < -0.39 is 10.0 Å². The number of sulfonamides is 1. The molecule has 0 unspecified atom stereocenters. The molecule has 0 heterocycles. The average Bonchev–Trinajstić information content (AvgIpc) is 2.75. The van der Waals surface area contributed by atoms with Crippen LogP contribution >= 0.6 is 11.6 Å². The van der Waals surface area contributed by atoms with Crippen LogP contribution in [0.15, 0.2) is 71.6 Å². The molecule has 1 amide bonds. The van der Waals surface area contributed by atoms with Crippen molar-refractivity contribution in [2.24, 2.45) is 0 Å². The smallest absolute Gasteiger partial charge is 0.261 e. The molecule has 3 aromatic carbocycles. The molecule has 6 nitrogen and oxygen atoms in total. The fourth-order valence-electron chi connectivity index (χ4n) is 2.95. The lowest BCUT2D eigenvalue weighted by molar-refractivity contribution is 0.0785. The number of hydrogen-bond donors (Lipinski definition) is 1. The number of nitrogens with zero attached hydrogens (tertiary/aromatic N) is 1. The van der Waals surface area contributed by atoms with E-state index in [0.29, 0.717) is 12.1 Å². The minimum Gasteiger partial charge on any atom is -0.497 e. The zero-order valence-electron chi connectivity index (χ0n) is 17.4. The lowest BCUT2D eigenvalue weighted by Gasteiger charge is -2.18. The first-order valence-corrected chi connectivity index (χ1v) is 11.3. The van der Waals surface area contributed by atoms with Crippen molar-refractivity contribution in [1.82, 2.24) is 4.90 Å².